The Labute approximate surface area is 109 Å². The standard InChI is InChI=1S/C14H15F2NO2/c15-11-4-3-10(12(16)8-11)7-13(19)17-14(9-18)5-1-2-6-14/h1-4,8,18H,5-7,9H2,(H,17,19). The Hall–Kier alpha value is -1.75. The number of nitrogens with one attached hydrogen (secondary N) is 1. The number of carbonyl (C=O) groups is 1. The first-order chi connectivity index (χ1) is 9.04. The van der Waals surface area contributed by atoms with Gasteiger partial charge in [0, 0.05) is 6.07 Å². The van der Waals surface area contributed by atoms with Crippen molar-refractivity contribution in [1.29, 1.82) is 0 Å². The Morgan fingerprint density at radius 1 is 1.32 bits per heavy atom. The second-order valence-electron chi connectivity index (χ2n) is 4.78. The highest BCUT2D eigenvalue weighted by Crippen LogP contribution is 2.23. The molecule has 0 spiro atoms. The van der Waals surface area contributed by atoms with Crippen molar-refractivity contribution in [2.24, 2.45) is 0 Å². The molecule has 0 aromatic heterocycles. The van der Waals surface area contributed by atoms with Crippen LogP contribution in [0, 0.1) is 11.6 Å². The minimum absolute atomic E-state index is 0.137. The highest BCUT2D eigenvalue weighted by Gasteiger charge is 2.31. The number of hydrogen-bond acceptors (Lipinski definition) is 2. The maximum absolute atomic E-state index is 13.4. The van der Waals surface area contributed by atoms with Crippen LogP contribution in [-0.4, -0.2) is 23.2 Å². The van der Waals surface area contributed by atoms with Gasteiger partial charge in [0.1, 0.15) is 11.6 Å². The Morgan fingerprint density at radius 2 is 2.00 bits per heavy atom. The highest BCUT2D eigenvalue weighted by atomic mass is 19.1. The summed E-state index contributed by atoms with van der Waals surface area (Å²) >= 11 is 0. The van der Waals surface area contributed by atoms with Gasteiger partial charge in [0.15, 0.2) is 0 Å². The summed E-state index contributed by atoms with van der Waals surface area (Å²) in [6, 6.07) is 3.12. The summed E-state index contributed by atoms with van der Waals surface area (Å²) in [7, 11) is 0. The number of aliphatic hydroxyl groups excluding tert-OH is 1. The molecule has 0 saturated carbocycles. The molecular weight excluding hydrogens is 252 g/mol. The summed E-state index contributed by atoms with van der Waals surface area (Å²) in [5.74, 6) is -1.80. The summed E-state index contributed by atoms with van der Waals surface area (Å²) < 4.78 is 26.2. The predicted octanol–water partition coefficient (Wildman–Crippen LogP) is 1.70. The van der Waals surface area contributed by atoms with E-state index in [-0.39, 0.29) is 24.5 Å². The van der Waals surface area contributed by atoms with Gasteiger partial charge in [0.05, 0.1) is 18.6 Å². The second kappa shape index (κ2) is 5.48. The number of hydrogen-bond donors (Lipinski definition) is 2. The molecule has 0 aliphatic heterocycles. The van der Waals surface area contributed by atoms with Crippen LogP contribution in [0.1, 0.15) is 18.4 Å². The highest BCUT2D eigenvalue weighted by molar-refractivity contribution is 5.79. The van der Waals surface area contributed by atoms with Crippen molar-refractivity contribution in [1.82, 2.24) is 5.32 Å². The Kier molecular flexibility index (Phi) is 3.95. The van der Waals surface area contributed by atoms with Crippen molar-refractivity contribution in [3.8, 4) is 0 Å². The molecule has 2 rings (SSSR count). The van der Waals surface area contributed by atoms with Crippen molar-refractivity contribution >= 4 is 5.91 Å². The Bertz CT molecular complexity index is 506. The zero-order valence-electron chi connectivity index (χ0n) is 10.3. The molecule has 0 bridgehead atoms. The lowest BCUT2D eigenvalue weighted by atomic mass is 9.97. The molecule has 0 saturated heterocycles. The molecule has 0 radical (unpaired) electrons. The van der Waals surface area contributed by atoms with Crippen molar-refractivity contribution < 1.29 is 18.7 Å². The molecule has 0 unspecified atom stereocenters. The van der Waals surface area contributed by atoms with Crippen LogP contribution in [0.25, 0.3) is 0 Å². The van der Waals surface area contributed by atoms with Crippen molar-refractivity contribution in [2.45, 2.75) is 24.8 Å². The van der Waals surface area contributed by atoms with Crippen LogP contribution in [0.15, 0.2) is 30.4 Å². The lowest BCUT2D eigenvalue weighted by Gasteiger charge is -2.28. The summed E-state index contributed by atoms with van der Waals surface area (Å²) in [5.41, 5.74) is -0.536. The van der Waals surface area contributed by atoms with Gasteiger partial charge >= 0.3 is 0 Å². The molecule has 2 N–H and O–H groups in total. The molecule has 5 heteroatoms. The van der Waals surface area contributed by atoms with Gasteiger partial charge in [0.25, 0.3) is 0 Å². The van der Waals surface area contributed by atoms with Crippen LogP contribution in [0.5, 0.6) is 0 Å². The normalized spacial score (nSPS) is 16.6. The average molecular weight is 267 g/mol. The molecule has 1 aromatic carbocycles. The maximum atomic E-state index is 13.4. The molecule has 1 aliphatic rings. The smallest absolute Gasteiger partial charge is 0.225 e. The minimum atomic E-state index is -0.738. The number of benzene rings is 1. The SMILES string of the molecule is O=C(Cc1ccc(F)cc1F)NC1(CO)CC=CC1. The third-order valence-corrected chi connectivity index (χ3v) is 3.26. The molecule has 1 amide bonds. The first-order valence-electron chi connectivity index (χ1n) is 6.05. The van der Waals surface area contributed by atoms with E-state index in [4.69, 9.17) is 0 Å². The van der Waals surface area contributed by atoms with E-state index in [1.165, 1.54) is 6.07 Å². The van der Waals surface area contributed by atoms with Gasteiger partial charge in [-0.2, -0.15) is 0 Å². The first kappa shape index (κ1) is 13.7. The molecule has 1 aliphatic carbocycles. The number of aliphatic hydroxyl groups is 1. The lowest BCUT2D eigenvalue weighted by molar-refractivity contribution is -0.122. The zero-order chi connectivity index (χ0) is 13.9. The van der Waals surface area contributed by atoms with Crippen LogP contribution >= 0.6 is 0 Å². The van der Waals surface area contributed by atoms with Crippen molar-refractivity contribution in [3.63, 3.8) is 0 Å². The number of halogens is 2. The second-order valence-corrected chi connectivity index (χ2v) is 4.78. The molecule has 0 heterocycles. The molecule has 19 heavy (non-hydrogen) atoms. The molecule has 0 atom stereocenters. The predicted molar refractivity (Wildman–Crippen MR) is 66.4 cm³/mol. The van der Waals surface area contributed by atoms with Crippen LogP contribution in [0.4, 0.5) is 8.78 Å². The average Bonchev–Trinajstić information content (AvgIpc) is 2.82. The van der Waals surface area contributed by atoms with E-state index in [1.807, 2.05) is 12.2 Å². The largest absolute Gasteiger partial charge is 0.394 e. The van der Waals surface area contributed by atoms with E-state index >= 15 is 0 Å². The van der Waals surface area contributed by atoms with E-state index < -0.39 is 17.2 Å². The molecule has 1 aromatic rings. The lowest BCUT2D eigenvalue weighted by Crippen LogP contribution is -2.50. The Balaban J connectivity index is 2.01. The minimum Gasteiger partial charge on any atom is -0.394 e. The fraction of sp³-hybridized carbons (Fsp3) is 0.357. The van der Waals surface area contributed by atoms with Gasteiger partial charge in [0.2, 0.25) is 5.91 Å². The molecular formula is C14H15F2NO2. The topological polar surface area (TPSA) is 49.3 Å². The Morgan fingerprint density at radius 3 is 2.58 bits per heavy atom. The van der Waals surface area contributed by atoms with Gasteiger partial charge in [-0.05, 0) is 24.5 Å². The summed E-state index contributed by atoms with van der Waals surface area (Å²) in [6.07, 6.45) is 4.71. The summed E-state index contributed by atoms with van der Waals surface area (Å²) in [5, 5.41) is 12.1. The molecule has 102 valence electrons. The van der Waals surface area contributed by atoms with E-state index in [2.05, 4.69) is 5.32 Å². The quantitative estimate of drug-likeness (QED) is 0.816. The number of amides is 1. The van der Waals surface area contributed by atoms with Crippen molar-refractivity contribution in [2.75, 3.05) is 6.61 Å². The van der Waals surface area contributed by atoms with E-state index in [1.54, 1.807) is 0 Å². The summed E-state index contributed by atoms with van der Waals surface area (Å²) in [4.78, 5) is 11.9. The summed E-state index contributed by atoms with van der Waals surface area (Å²) in [6.45, 7) is -0.169. The van der Waals surface area contributed by atoms with Crippen LogP contribution in [-0.2, 0) is 11.2 Å². The van der Waals surface area contributed by atoms with Gasteiger partial charge in [-0.15, -0.1) is 0 Å². The maximum Gasteiger partial charge on any atom is 0.225 e. The monoisotopic (exact) mass is 267 g/mol. The first-order valence-corrected chi connectivity index (χ1v) is 6.05. The fourth-order valence-electron chi connectivity index (χ4n) is 2.15. The van der Waals surface area contributed by atoms with E-state index in [0.29, 0.717) is 12.8 Å². The number of carbonyl (C=O) groups excluding carboxylic acids is 1. The zero-order valence-corrected chi connectivity index (χ0v) is 10.3. The van der Waals surface area contributed by atoms with Crippen LogP contribution in [0.2, 0.25) is 0 Å². The van der Waals surface area contributed by atoms with Crippen LogP contribution in [0.3, 0.4) is 0 Å². The van der Waals surface area contributed by atoms with Gasteiger partial charge in [-0.3, -0.25) is 4.79 Å². The van der Waals surface area contributed by atoms with Gasteiger partial charge in [-0.1, -0.05) is 18.2 Å². The van der Waals surface area contributed by atoms with Crippen LogP contribution < -0.4 is 5.32 Å². The molecule has 0 fully saturated rings. The number of rotatable bonds is 4. The third kappa shape index (κ3) is 3.17. The van der Waals surface area contributed by atoms with E-state index in [9.17, 15) is 18.7 Å². The van der Waals surface area contributed by atoms with Gasteiger partial charge < -0.3 is 10.4 Å². The molecule has 3 nitrogen and oxygen atoms in total. The third-order valence-electron chi connectivity index (χ3n) is 3.26. The van der Waals surface area contributed by atoms with E-state index in [0.717, 1.165) is 12.1 Å². The van der Waals surface area contributed by atoms with Crippen molar-refractivity contribution in [3.05, 3.63) is 47.5 Å². The van der Waals surface area contributed by atoms with Gasteiger partial charge in [-0.25, -0.2) is 8.78 Å². The fourth-order valence-corrected chi connectivity index (χ4v) is 2.15.